The molecule has 11 heteroatoms. The Hall–Kier alpha value is -5.16. The van der Waals surface area contributed by atoms with Crippen LogP contribution >= 0.6 is 0 Å². The molecule has 1 aliphatic rings. The monoisotopic (exact) mass is 696 g/mol. The van der Waals surface area contributed by atoms with Crippen LogP contribution in [0.15, 0.2) is 67.1 Å². The molecule has 5 rings (SSSR count). The van der Waals surface area contributed by atoms with Gasteiger partial charge >= 0.3 is 0 Å². The van der Waals surface area contributed by atoms with Crippen LogP contribution in [-0.2, 0) is 18.9 Å². The number of aromatic nitrogens is 3. The van der Waals surface area contributed by atoms with E-state index >= 15 is 0 Å². The second-order valence-electron chi connectivity index (χ2n) is 12.6. The quantitative estimate of drug-likeness (QED) is 0.104. The van der Waals surface area contributed by atoms with Crippen molar-refractivity contribution < 1.29 is 14.4 Å². The molecule has 3 aromatic heterocycles. The Morgan fingerprint density at radius 1 is 0.863 bits per heavy atom. The highest BCUT2D eigenvalue weighted by Gasteiger charge is 2.12. The van der Waals surface area contributed by atoms with E-state index in [-0.39, 0.29) is 11.8 Å². The zero-order chi connectivity index (χ0) is 37.2. The number of hydrogen-bond donors (Lipinski definition) is 3. The molecule has 0 atom stereocenters. The molecule has 3 amide bonds. The normalized spacial score (nSPS) is 12.6. The standard InChI is InChI=1S/C22H24N4O.C16H26N4O2.C2H6/c1-16-13-20(15-26(16)4)24-22(27)18-8-10-19(23-14-18)9-5-17-6-11-21(12-7-17)25(2)3;1-19-12-14(18-13-21)11-15(19)16(22)17-7-3-6-10-20-8-4-2-5-9-20;1-2/h5-15H,1-4H3,(H,24,27);11-13H,2-10H2,1H3,(H,17,22)(H,18,21);1-2H3/b9-5+;;. The summed E-state index contributed by atoms with van der Waals surface area (Å²) in [5, 5.41) is 8.38. The summed E-state index contributed by atoms with van der Waals surface area (Å²) >= 11 is 0. The lowest BCUT2D eigenvalue weighted by Crippen LogP contribution is -2.31. The van der Waals surface area contributed by atoms with E-state index in [9.17, 15) is 14.4 Å². The summed E-state index contributed by atoms with van der Waals surface area (Å²) in [6.45, 7) is 10.3. The molecule has 0 spiro atoms. The number of anilines is 3. The molecule has 274 valence electrons. The molecule has 51 heavy (non-hydrogen) atoms. The predicted octanol–water partition coefficient (Wildman–Crippen LogP) is 6.83. The molecule has 3 N–H and O–H groups in total. The smallest absolute Gasteiger partial charge is 0.267 e. The van der Waals surface area contributed by atoms with Gasteiger partial charge in [-0.3, -0.25) is 19.4 Å². The highest BCUT2D eigenvalue weighted by molar-refractivity contribution is 6.04. The molecule has 1 saturated heterocycles. The number of nitrogens with one attached hydrogen (secondary N) is 3. The van der Waals surface area contributed by atoms with E-state index < -0.39 is 0 Å². The zero-order valence-electron chi connectivity index (χ0n) is 31.4. The van der Waals surface area contributed by atoms with Gasteiger partial charge in [0.1, 0.15) is 5.69 Å². The molecular weight excluding hydrogens is 640 g/mol. The van der Waals surface area contributed by atoms with Crippen molar-refractivity contribution in [2.24, 2.45) is 14.1 Å². The Bertz CT molecular complexity index is 1660. The third-order valence-electron chi connectivity index (χ3n) is 8.51. The first kappa shape index (κ1) is 40.3. The molecule has 4 heterocycles. The number of pyridine rings is 1. The average Bonchev–Trinajstić information content (AvgIpc) is 3.67. The molecule has 0 saturated carbocycles. The minimum atomic E-state index is -0.164. The summed E-state index contributed by atoms with van der Waals surface area (Å²) in [5.74, 6) is -0.262. The molecule has 0 bridgehead atoms. The van der Waals surface area contributed by atoms with Gasteiger partial charge in [0.05, 0.1) is 22.6 Å². The maximum absolute atomic E-state index is 12.3. The fourth-order valence-corrected chi connectivity index (χ4v) is 5.52. The lowest BCUT2D eigenvalue weighted by Gasteiger charge is -2.26. The number of likely N-dealkylation sites (tertiary alicyclic amines) is 1. The summed E-state index contributed by atoms with van der Waals surface area (Å²) in [6, 6.07) is 15.5. The van der Waals surface area contributed by atoms with Gasteiger partial charge in [0.2, 0.25) is 6.41 Å². The van der Waals surface area contributed by atoms with E-state index in [0.717, 1.165) is 47.7 Å². The number of carbonyl (C=O) groups excluding carboxylic acids is 3. The van der Waals surface area contributed by atoms with Crippen molar-refractivity contribution in [3.05, 3.63) is 95.3 Å². The van der Waals surface area contributed by atoms with Crippen molar-refractivity contribution in [3.8, 4) is 0 Å². The van der Waals surface area contributed by atoms with Crippen LogP contribution in [0.3, 0.4) is 0 Å². The van der Waals surface area contributed by atoms with Crippen LogP contribution in [0.4, 0.5) is 17.1 Å². The molecule has 1 aromatic carbocycles. The Kier molecular flexibility index (Phi) is 16.7. The molecule has 4 aromatic rings. The third-order valence-corrected chi connectivity index (χ3v) is 8.51. The number of aryl methyl sites for hydroxylation is 3. The molecular formula is C40H56N8O3. The number of amides is 3. The van der Waals surface area contributed by atoms with Crippen molar-refractivity contribution in [2.75, 3.05) is 55.8 Å². The summed E-state index contributed by atoms with van der Waals surface area (Å²) in [4.78, 5) is 43.8. The molecule has 0 radical (unpaired) electrons. The number of hydrogen-bond acceptors (Lipinski definition) is 6. The first-order chi connectivity index (χ1) is 24.6. The van der Waals surface area contributed by atoms with Crippen LogP contribution in [-0.4, -0.2) is 77.5 Å². The van der Waals surface area contributed by atoms with E-state index in [1.807, 2.05) is 77.0 Å². The summed E-state index contributed by atoms with van der Waals surface area (Å²) < 4.78 is 3.68. The molecule has 1 fully saturated rings. The van der Waals surface area contributed by atoms with E-state index in [0.29, 0.717) is 29.9 Å². The fourth-order valence-electron chi connectivity index (χ4n) is 5.52. The van der Waals surface area contributed by atoms with Gasteiger partial charge in [0.25, 0.3) is 11.8 Å². The van der Waals surface area contributed by atoms with Crippen molar-refractivity contribution in [3.63, 3.8) is 0 Å². The van der Waals surface area contributed by atoms with E-state index in [2.05, 4.69) is 55.0 Å². The maximum Gasteiger partial charge on any atom is 0.267 e. The van der Waals surface area contributed by atoms with Crippen molar-refractivity contribution in [1.82, 2.24) is 24.3 Å². The lowest BCUT2D eigenvalue weighted by atomic mass is 10.1. The van der Waals surface area contributed by atoms with Crippen LogP contribution in [0.1, 0.15) is 83.7 Å². The van der Waals surface area contributed by atoms with Crippen LogP contribution < -0.4 is 20.9 Å². The highest BCUT2D eigenvalue weighted by atomic mass is 16.2. The molecule has 0 unspecified atom stereocenters. The number of rotatable bonds is 13. The Morgan fingerprint density at radius 3 is 2.18 bits per heavy atom. The number of carbonyl (C=O) groups is 3. The number of nitrogens with zero attached hydrogens (tertiary/aromatic N) is 5. The van der Waals surface area contributed by atoms with Gasteiger partial charge < -0.3 is 34.9 Å². The zero-order valence-corrected chi connectivity index (χ0v) is 31.4. The van der Waals surface area contributed by atoms with E-state index in [1.165, 1.54) is 32.4 Å². The largest absolute Gasteiger partial charge is 0.378 e. The molecule has 0 aliphatic carbocycles. The van der Waals surface area contributed by atoms with Crippen LogP contribution in [0.25, 0.3) is 12.2 Å². The van der Waals surface area contributed by atoms with Crippen molar-refractivity contribution >= 4 is 47.4 Å². The topological polar surface area (TPSA) is 117 Å². The number of unbranched alkanes of at least 4 members (excludes halogenated alkanes) is 1. The summed E-state index contributed by atoms with van der Waals surface area (Å²) in [6.07, 6.45) is 15.9. The van der Waals surface area contributed by atoms with Gasteiger partial charge in [0.15, 0.2) is 0 Å². The first-order valence-corrected chi connectivity index (χ1v) is 17.9. The van der Waals surface area contributed by atoms with Crippen molar-refractivity contribution in [1.29, 1.82) is 0 Å². The van der Waals surface area contributed by atoms with Gasteiger partial charge in [0, 0.05) is 64.7 Å². The minimum absolute atomic E-state index is 0.0978. The van der Waals surface area contributed by atoms with Gasteiger partial charge in [-0.1, -0.05) is 38.5 Å². The lowest BCUT2D eigenvalue weighted by molar-refractivity contribution is -0.105. The van der Waals surface area contributed by atoms with E-state index in [4.69, 9.17) is 0 Å². The van der Waals surface area contributed by atoms with Gasteiger partial charge in [-0.05, 0) is 100 Å². The summed E-state index contributed by atoms with van der Waals surface area (Å²) in [5.41, 5.74) is 6.65. The van der Waals surface area contributed by atoms with E-state index in [1.54, 1.807) is 36.1 Å². The second kappa shape index (κ2) is 21.1. The Labute approximate surface area is 303 Å². The second-order valence-corrected chi connectivity index (χ2v) is 12.6. The molecule has 1 aliphatic heterocycles. The SMILES string of the molecule is CC.Cc1cc(NC(=O)c2ccc(/C=C/c3ccc(N(C)C)cc3)nc2)cn1C.Cn1cc(NC=O)cc1C(=O)NCCCCN1CCCCC1. The molecule has 11 nitrogen and oxygen atoms in total. The number of piperidine rings is 1. The Morgan fingerprint density at radius 2 is 1.57 bits per heavy atom. The third kappa shape index (κ3) is 13.2. The fraction of sp³-hybridized carbons (Fsp3) is 0.400. The highest BCUT2D eigenvalue weighted by Crippen LogP contribution is 2.16. The van der Waals surface area contributed by atoms with Gasteiger partial charge in [-0.25, -0.2) is 0 Å². The minimum Gasteiger partial charge on any atom is -0.378 e. The van der Waals surface area contributed by atoms with Crippen LogP contribution in [0, 0.1) is 6.92 Å². The Balaban J connectivity index is 0.000000268. The van der Waals surface area contributed by atoms with Crippen molar-refractivity contribution in [2.45, 2.75) is 52.9 Å². The summed E-state index contributed by atoms with van der Waals surface area (Å²) in [7, 11) is 7.78. The van der Waals surface area contributed by atoms with Gasteiger partial charge in [-0.2, -0.15) is 0 Å². The first-order valence-electron chi connectivity index (χ1n) is 17.9. The predicted molar refractivity (Wildman–Crippen MR) is 210 cm³/mol. The van der Waals surface area contributed by atoms with Gasteiger partial charge in [-0.15, -0.1) is 0 Å². The van der Waals surface area contributed by atoms with Crippen LogP contribution in [0.2, 0.25) is 0 Å². The number of benzene rings is 1. The maximum atomic E-state index is 12.3. The average molecular weight is 697 g/mol. The van der Waals surface area contributed by atoms with Crippen LogP contribution in [0.5, 0.6) is 0 Å².